The minimum atomic E-state index is -3.72. The van der Waals surface area contributed by atoms with Crippen LogP contribution < -0.4 is 10.1 Å². The van der Waals surface area contributed by atoms with Gasteiger partial charge in [0.1, 0.15) is 21.7 Å². The van der Waals surface area contributed by atoms with Crippen molar-refractivity contribution in [3.05, 3.63) is 60.2 Å². The van der Waals surface area contributed by atoms with Gasteiger partial charge in [0.15, 0.2) is 0 Å². The Balaban J connectivity index is 1.20. The fourth-order valence-corrected chi connectivity index (χ4v) is 6.23. The predicted octanol–water partition coefficient (Wildman–Crippen LogP) is 3.07. The molecule has 0 atom stereocenters. The first-order valence-electron chi connectivity index (χ1n) is 10.8. The summed E-state index contributed by atoms with van der Waals surface area (Å²) in [6.07, 6.45) is 0. The highest BCUT2D eigenvalue weighted by Gasteiger charge is 2.31. The fraction of sp³-hybridized carbons (Fsp3) is 0.261. The van der Waals surface area contributed by atoms with Gasteiger partial charge in [-0.3, -0.25) is 0 Å². The molecule has 5 rings (SSSR count). The average Bonchev–Trinajstić information content (AvgIpc) is 3.36. The van der Waals surface area contributed by atoms with Gasteiger partial charge in [0, 0.05) is 32.7 Å². The Kier molecular flexibility index (Phi) is 6.07. The number of hydrogen-bond acceptors (Lipinski definition) is 7. The van der Waals surface area contributed by atoms with Gasteiger partial charge in [0.25, 0.3) is 0 Å². The molecule has 176 valence electrons. The Morgan fingerprint density at radius 2 is 1.79 bits per heavy atom. The van der Waals surface area contributed by atoms with Gasteiger partial charge in [-0.25, -0.2) is 13.2 Å². The third-order valence-electron chi connectivity index (χ3n) is 5.95. The maximum atomic E-state index is 13.2. The number of benzene rings is 3. The van der Waals surface area contributed by atoms with Crippen molar-refractivity contribution < 1.29 is 17.9 Å². The lowest BCUT2D eigenvalue weighted by Gasteiger charge is -2.34. The Morgan fingerprint density at radius 1 is 1.03 bits per heavy atom. The number of methoxy groups -OCH3 is 1. The largest absolute Gasteiger partial charge is 0.497 e. The Hall–Kier alpha value is -3.28. The normalized spacial score (nSPS) is 15.0. The van der Waals surface area contributed by atoms with Crippen molar-refractivity contribution in [3.63, 3.8) is 0 Å². The van der Waals surface area contributed by atoms with Gasteiger partial charge in [0.2, 0.25) is 10.0 Å². The third-order valence-corrected chi connectivity index (χ3v) is 8.42. The van der Waals surface area contributed by atoms with Crippen LogP contribution in [0.3, 0.4) is 0 Å². The van der Waals surface area contributed by atoms with Crippen LogP contribution >= 0.6 is 11.7 Å². The summed E-state index contributed by atoms with van der Waals surface area (Å²) in [6.45, 7) is 1.46. The van der Waals surface area contributed by atoms with Crippen LogP contribution in [0.4, 0.5) is 4.79 Å². The summed E-state index contributed by atoms with van der Waals surface area (Å²) < 4.78 is 41.3. The Labute approximate surface area is 201 Å². The van der Waals surface area contributed by atoms with Crippen molar-refractivity contribution in [2.45, 2.75) is 11.4 Å². The highest BCUT2D eigenvalue weighted by atomic mass is 32.2. The summed E-state index contributed by atoms with van der Waals surface area (Å²) in [5.41, 5.74) is 1.94. The second-order valence-corrected chi connectivity index (χ2v) is 10.4. The zero-order chi connectivity index (χ0) is 23.7. The number of nitrogens with one attached hydrogen (secondary N) is 1. The number of nitrogens with zero attached hydrogens (tertiary/aromatic N) is 4. The van der Waals surface area contributed by atoms with Gasteiger partial charge in [-0.15, -0.1) is 0 Å². The number of aromatic nitrogens is 2. The molecule has 1 aromatic heterocycles. The topological polar surface area (TPSA) is 105 Å². The van der Waals surface area contributed by atoms with E-state index in [1.54, 1.807) is 30.2 Å². The number of hydrogen-bond donors (Lipinski definition) is 1. The Morgan fingerprint density at radius 3 is 2.59 bits per heavy atom. The van der Waals surface area contributed by atoms with E-state index in [1.165, 1.54) is 4.31 Å². The molecule has 1 fully saturated rings. The molecule has 0 aliphatic carbocycles. The summed E-state index contributed by atoms with van der Waals surface area (Å²) in [7, 11) is -2.08. The van der Waals surface area contributed by atoms with Crippen molar-refractivity contribution >= 4 is 49.6 Å². The second kappa shape index (κ2) is 9.16. The molecule has 1 aliphatic rings. The number of rotatable bonds is 5. The molecule has 0 unspecified atom stereocenters. The maximum absolute atomic E-state index is 13.2. The number of carbonyl (C=O) groups excluding carboxylic acids is 1. The van der Waals surface area contributed by atoms with Crippen molar-refractivity contribution in [2.75, 3.05) is 33.3 Å². The third kappa shape index (κ3) is 4.29. The van der Waals surface area contributed by atoms with Crippen LogP contribution in [0.15, 0.2) is 59.5 Å². The fourth-order valence-electron chi connectivity index (χ4n) is 4.06. The molecule has 1 aliphatic heterocycles. The van der Waals surface area contributed by atoms with Crippen LogP contribution in [-0.4, -0.2) is 65.7 Å². The molecular formula is C23H23N5O4S2. The number of sulfonamides is 1. The molecule has 0 saturated carbocycles. The highest BCUT2D eigenvalue weighted by Crippen LogP contribution is 2.25. The molecule has 1 N–H and O–H groups in total. The van der Waals surface area contributed by atoms with Crippen molar-refractivity contribution in [2.24, 2.45) is 0 Å². The summed E-state index contributed by atoms with van der Waals surface area (Å²) in [4.78, 5) is 14.5. The van der Waals surface area contributed by atoms with E-state index in [0.29, 0.717) is 30.7 Å². The van der Waals surface area contributed by atoms with Gasteiger partial charge in [0.05, 0.1) is 18.8 Å². The van der Waals surface area contributed by atoms with Gasteiger partial charge in [-0.2, -0.15) is 13.1 Å². The van der Waals surface area contributed by atoms with Crippen molar-refractivity contribution in [1.82, 2.24) is 23.3 Å². The molecule has 34 heavy (non-hydrogen) atoms. The van der Waals surface area contributed by atoms with Crippen molar-refractivity contribution in [1.29, 1.82) is 0 Å². The van der Waals surface area contributed by atoms with Gasteiger partial charge >= 0.3 is 6.03 Å². The lowest BCUT2D eigenvalue weighted by Crippen LogP contribution is -2.53. The zero-order valence-electron chi connectivity index (χ0n) is 18.5. The molecule has 11 heteroatoms. The van der Waals surface area contributed by atoms with E-state index >= 15 is 0 Å². The van der Waals surface area contributed by atoms with Crippen LogP contribution in [0.25, 0.3) is 21.8 Å². The van der Waals surface area contributed by atoms with E-state index in [2.05, 4.69) is 14.1 Å². The minimum absolute atomic E-state index is 0.158. The first kappa shape index (κ1) is 22.5. The molecule has 0 bridgehead atoms. The second-order valence-electron chi connectivity index (χ2n) is 7.99. The number of amides is 2. The molecular weight excluding hydrogens is 474 g/mol. The lowest BCUT2D eigenvalue weighted by atomic mass is 10.1. The van der Waals surface area contributed by atoms with Crippen LogP contribution in [0, 0.1) is 0 Å². The molecule has 3 aromatic carbocycles. The number of urea groups is 1. The first-order chi connectivity index (χ1) is 16.5. The zero-order valence-corrected chi connectivity index (χ0v) is 20.1. The Bertz CT molecular complexity index is 1460. The smallest absolute Gasteiger partial charge is 0.317 e. The van der Waals surface area contributed by atoms with Gasteiger partial charge < -0.3 is 15.0 Å². The quantitative estimate of drug-likeness (QED) is 0.454. The SMILES string of the molecule is COc1ccc2cc(CNC(=O)N3CCN(S(=O)(=O)c4cccc5nsnc45)CC3)ccc2c1. The highest BCUT2D eigenvalue weighted by molar-refractivity contribution is 7.89. The molecule has 1 saturated heterocycles. The van der Waals surface area contributed by atoms with E-state index in [4.69, 9.17) is 4.74 Å². The molecule has 2 amide bonds. The molecule has 2 heterocycles. The number of ether oxygens (including phenoxy) is 1. The van der Waals surface area contributed by atoms with Gasteiger partial charge in [-0.05, 0) is 46.7 Å². The predicted molar refractivity (Wildman–Crippen MR) is 130 cm³/mol. The van der Waals surface area contributed by atoms with Gasteiger partial charge in [-0.1, -0.05) is 24.3 Å². The van der Waals surface area contributed by atoms with E-state index in [9.17, 15) is 13.2 Å². The monoisotopic (exact) mass is 497 g/mol. The van der Waals surface area contributed by atoms with Crippen LogP contribution in [0.2, 0.25) is 0 Å². The average molecular weight is 498 g/mol. The summed E-state index contributed by atoms with van der Waals surface area (Å²) in [5.74, 6) is 0.801. The van der Waals surface area contributed by atoms with Crippen LogP contribution in [0.5, 0.6) is 5.75 Å². The number of piperazine rings is 1. The number of fused-ring (bicyclic) bond motifs is 2. The summed E-state index contributed by atoms with van der Waals surface area (Å²) >= 11 is 0.990. The summed E-state index contributed by atoms with van der Waals surface area (Å²) in [6, 6.07) is 16.6. The standard InChI is InChI=1S/C23H23N5O4S2/c1-32-19-8-7-17-13-16(5-6-18(17)14-19)15-24-23(29)27-9-11-28(12-10-27)34(30,31)21-4-2-3-20-22(21)26-33-25-20/h2-8,13-14H,9-12,15H2,1H3,(H,24,29). The lowest BCUT2D eigenvalue weighted by molar-refractivity contribution is 0.172. The van der Waals surface area contributed by atoms with Crippen molar-refractivity contribution in [3.8, 4) is 5.75 Å². The first-order valence-corrected chi connectivity index (χ1v) is 12.9. The maximum Gasteiger partial charge on any atom is 0.317 e. The minimum Gasteiger partial charge on any atom is -0.497 e. The summed E-state index contributed by atoms with van der Waals surface area (Å²) in [5, 5.41) is 5.07. The van der Waals surface area contributed by atoms with E-state index in [0.717, 1.165) is 33.8 Å². The molecule has 0 spiro atoms. The molecule has 4 aromatic rings. The van der Waals surface area contributed by atoms with E-state index < -0.39 is 10.0 Å². The number of carbonyl (C=O) groups is 1. The molecule has 0 radical (unpaired) electrons. The van der Waals surface area contributed by atoms with Crippen LogP contribution in [-0.2, 0) is 16.6 Å². The van der Waals surface area contributed by atoms with E-state index in [-0.39, 0.29) is 24.0 Å². The van der Waals surface area contributed by atoms with Crippen LogP contribution in [0.1, 0.15) is 5.56 Å². The molecule has 9 nitrogen and oxygen atoms in total. The van der Waals surface area contributed by atoms with E-state index in [1.807, 2.05) is 36.4 Å².